The quantitative estimate of drug-likeness (QED) is 0.349. The smallest absolute Gasteiger partial charge is 0.317 e. The van der Waals surface area contributed by atoms with E-state index in [2.05, 4.69) is 0 Å². The molecule has 90 valence electrons. The molecule has 5 heteroatoms. The number of nitrogens with zero attached hydrogens (tertiary/aromatic N) is 1. The van der Waals surface area contributed by atoms with E-state index in [-0.39, 0.29) is 17.1 Å². The molecule has 0 aromatic heterocycles. The number of hydrogen-bond donors (Lipinski definition) is 0. The maximum atomic E-state index is 11.8. The van der Waals surface area contributed by atoms with Crippen molar-refractivity contribution in [2.75, 3.05) is 0 Å². The van der Waals surface area contributed by atoms with Crippen molar-refractivity contribution in [3.8, 4) is 5.75 Å². The molecule has 0 spiro atoms. The molecule has 0 radical (unpaired) electrons. The van der Waals surface area contributed by atoms with Gasteiger partial charge in [-0.05, 0) is 31.4 Å². The Labute approximate surface area is 98.5 Å². The summed E-state index contributed by atoms with van der Waals surface area (Å²) in [6.45, 7) is 3.86. The first-order chi connectivity index (χ1) is 7.93. The van der Waals surface area contributed by atoms with Crippen LogP contribution in [0, 0.1) is 21.4 Å². The third kappa shape index (κ3) is 2.13. The van der Waals surface area contributed by atoms with E-state index < -0.39 is 4.92 Å². The van der Waals surface area contributed by atoms with E-state index >= 15 is 0 Å². The Bertz CT molecular complexity index is 468. The van der Waals surface area contributed by atoms with Crippen molar-refractivity contribution in [1.82, 2.24) is 0 Å². The van der Waals surface area contributed by atoms with Crippen molar-refractivity contribution in [3.05, 3.63) is 34.4 Å². The zero-order chi connectivity index (χ0) is 12.6. The largest absolute Gasteiger partial charge is 0.426 e. The molecule has 0 saturated heterocycles. The number of carbonyl (C=O) groups is 1. The molecule has 0 heterocycles. The zero-order valence-corrected chi connectivity index (χ0v) is 9.67. The molecule has 2 rings (SSSR count). The molecule has 0 bridgehead atoms. The minimum atomic E-state index is -0.490. The van der Waals surface area contributed by atoms with Crippen molar-refractivity contribution in [3.63, 3.8) is 0 Å². The van der Waals surface area contributed by atoms with E-state index in [1.54, 1.807) is 0 Å². The molecule has 0 amide bonds. The van der Waals surface area contributed by atoms with Crippen molar-refractivity contribution >= 4 is 11.7 Å². The van der Waals surface area contributed by atoms with E-state index in [9.17, 15) is 14.9 Å². The Morgan fingerprint density at radius 2 is 2.00 bits per heavy atom. The van der Waals surface area contributed by atoms with Crippen LogP contribution in [0.1, 0.15) is 20.3 Å². The van der Waals surface area contributed by atoms with Gasteiger partial charge in [-0.15, -0.1) is 0 Å². The van der Waals surface area contributed by atoms with E-state index in [0.717, 1.165) is 6.42 Å². The fourth-order valence-electron chi connectivity index (χ4n) is 1.72. The van der Waals surface area contributed by atoms with Crippen LogP contribution >= 0.6 is 0 Å². The van der Waals surface area contributed by atoms with Crippen LogP contribution in [0.15, 0.2) is 24.3 Å². The summed E-state index contributed by atoms with van der Waals surface area (Å²) in [5, 5.41) is 10.4. The Morgan fingerprint density at radius 1 is 1.47 bits per heavy atom. The number of ether oxygens (including phenoxy) is 1. The second kappa shape index (κ2) is 3.84. The van der Waals surface area contributed by atoms with Gasteiger partial charge in [0.05, 0.1) is 10.3 Å². The third-order valence-electron chi connectivity index (χ3n) is 3.38. The van der Waals surface area contributed by atoms with Gasteiger partial charge in [-0.2, -0.15) is 0 Å². The normalized spacial score (nSPS) is 26.4. The summed E-state index contributed by atoms with van der Waals surface area (Å²) in [6, 6.07) is 5.52. The third-order valence-corrected chi connectivity index (χ3v) is 3.38. The number of non-ortho nitro benzene ring substituents is 1. The fraction of sp³-hybridized carbons (Fsp3) is 0.417. The van der Waals surface area contributed by atoms with Gasteiger partial charge in [0.15, 0.2) is 0 Å². The lowest BCUT2D eigenvalue weighted by atomic mass is 10.1. The number of carbonyl (C=O) groups excluding carboxylic acids is 1. The predicted octanol–water partition coefficient (Wildman–Crippen LogP) is 2.55. The van der Waals surface area contributed by atoms with Gasteiger partial charge < -0.3 is 4.74 Å². The number of esters is 1. The molecule has 1 aliphatic carbocycles. The van der Waals surface area contributed by atoms with E-state index in [0.29, 0.717) is 11.7 Å². The van der Waals surface area contributed by atoms with Gasteiger partial charge in [0.25, 0.3) is 5.69 Å². The number of hydrogen-bond acceptors (Lipinski definition) is 4. The molecule has 1 aromatic carbocycles. The lowest BCUT2D eigenvalue weighted by molar-refractivity contribution is -0.384. The molecule has 0 N–H and O–H groups in total. The fourth-order valence-corrected chi connectivity index (χ4v) is 1.72. The van der Waals surface area contributed by atoms with Gasteiger partial charge in [0.1, 0.15) is 5.75 Å². The summed E-state index contributed by atoms with van der Waals surface area (Å²) < 4.78 is 5.18. The van der Waals surface area contributed by atoms with Crippen LogP contribution < -0.4 is 4.74 Å². The SMILES string of the molecule is C[C@@H]1C[C@@]1(C)C(=O)Oc1ccc([N+](=O)[O-])cc1. The van der Waals surface area contributed by atoms with Gasteiger partial charge in [-0.1, -0.05) is 6.92 Å². The summed E-state index contributed by atoms with van der Waals surface area (Å²) in [4.78, 5) is 21.7. The molecular formula is C12H13NO4. The maximum Gasteiger partial charge on any atom is 0.317 e. The topological polar surface area (TPSA) is 69.4 Å². The first kappa shape index (κ1) is 11.6. The highest BCUT2D eigenvalue weighted by Gasteiger charge is 2.54. The monoisotopic (exact) mass is 235 g/mol. The summed E-state index contributed by atoms with van der Waals surface area (Å²) in [5.41, 5.74) is -0.405. The average molecular weight is 235 g/mol. The van der Waals surface area contributed by atoms with Crippen molar-refractivity contribution in [1.29, 1.82) is 0 Å². The van der Waals surface area contributed by atoms with Crippen molar-refractivity contribution in [2.24, 2.45) is 11.3 Å². The summed E-state index contributed by atoms with van der Waals surface area (Å²) in [7, 11) is 0. The van der Waals surface area contributed by atoms with Crippen LogP contribution in [0.4, 0.5) is 5.69 Å². The second-order valence-corrected chi connectivity index (χ2v) is 4.66. The number of rotatable bonds is 3. The van der Waals surface area contributed by atoms with Crippen LogP contribution in [0.2, 0.25) is 0 Å². The molecular weight excluding hydrogens is 222 g/mol. The maximum absolute atomic E-state index is 11.8. The highest BCUT2D eigenvalue weighted by molar-refractivity contribution is 5.82. The van der Waals surface area contributed by atoms with Crippen LogP contribution in [0.3, 0.4) is 0 Å². The van der Waals surface area contributed by atoms with E-state index in [1.165, 1.54) is 24.3 Å². The van der Waals surface area contributed by atoms with Gasteiger partial charge in [-0.25, -0.2) is 0 Å². The van der Waals surface area contributed by atoms with Crippen LogP contribution in [0.5, 0.6) is 5.75 Å². The minimum Gasteiger partial charge on any atom is -0.426 e. The van der Waals surface area contributed by atoms with Gasteiger partial charge in [-0.3, -0.25) is 14.9 Å². The molecule has 1 fully saturated rings. The molecule has 0 unspecified atom stereocenters. The standard InChI is InChI=1S/C12H13NO4/c1-8-7-12(8,2)11(14)17-10-5-3-9(4-6-10)13(15)16/h3-6,8H,7H2,1-2H3/t8-,12-/m1/s1. The number of nitro groups is 1. The molecule has 1 saturated carbocycles. The molecule has 2 atom stereocenters. The zero-order valence-electron chi connectivity index (χ0n) is 9.67. The number of benzene rings is 1. The second-order valence-electron chi connectivity index (χ2n) is 4.66. The van der Waals surface area contributed by atoms with Gasteiger partial charge in [0.2, 0.25) is 0 Å². The van der Waals surface area contributed by atoms with Gasteiger partial charge in [0, 0.05) is 12.1 Å². The summed E-state index contributed by atoms with van der Waals surface area (Å²) in [5.74, 6) is 0.424. The van der Waals surface area contributed by atoms with Gasteiger partial charge >= 0.3 is 5.97 Å². The van der Waals surface area contributed by atoms with E-state index in [4.69, 9.17) is 4.74 Å². The minimum absolute atomic E-state index is 0.0178. The Kier molecular flexibility index (Phi) is 2.61. The van der Waals surface area contributed by atoms with Crippen LogP contribution in [-0.2, 0) is 4.79 Å². The number of nitro benzene ring substituents is 1. The summed E-state index contributed by atoms with van der Waals surface area (Å²) in [6.07, 6.45) is 0.832. The first-order valence-corrected chi connectivity index (χ1v) is 5.40. The molecule has 5 nitrogen and oxygen atoms in total. The first-order valence-electron chi connectivity index (χ1n) is 5.40. The Balaban J connectivity index is 2.05. The van der Waals surface area contributed by atoms with Crippen LogP contribution in [0.25, 0.3) is 0 Å². The highest BCUT2D eigenvalue weighted by Crippen LogP contribution is 2.52. The van der Waals surface area contributed by atoms with Crippen LogP contribution in [-0.4, -0.2) is 10.9 Å². The highest BCUT2D eigenvalue weighted by atomic mass is 16.6. The summed E-state index contributed by atoms with van der Waals surface area (Å²) >= 11 is 0. The predicted molar refractivity (Wildman–Crippen MR) is 60.6 cm³/mol. The average Bonchev–Trinajstić information content (AvgIpc) is 2.89. The molecule has 1 aromatic rings. The lowest BCUT2D eigenvalue weighted by Crippen LogP contribution is -2.20. The Hall–Kier alpha value is -1.91. The van der Waals surface area contributed by atoms with Crippen molar-refractivity contribution < 1.29 is 14.5 Å². The Morgan fingerprint density at radius 3 is 2.41 bits per heavy atom. The molecule has 1 aliphatic rings. The van der Waals surface area contributed by atoms with Crippen molar-refractivity contribution in [2.45, 2.75) is 20.3 Å². The molecule has 0 aliphatic heterocycles. The molecule has 17 heavy (non-hydrogen) atoms. The van der Waals surface area contributed by atoms with E-state index in [1.807, 2.05) is 13.8 Å². The lowest BCUT2D eigenvalue weighted by Gasteiger charge is -2.09.